The van der Waals surface area contributed by atoms with Crippen molar-refractivity contribution >= 4 is 34.1 Å². The Kier molecular flexibility index (Phi) is 8.13. The van der Waals surface area contributed by atoms with Crippen LogP contribution in [-0.2, 0) is 22.1 Å². The number of carbonyl (C=O) groups is 1. The number of carboxylic acid groups (broad SMARTS) is 1. The lowest BCUT2D eigenvalue weighted by molar-refractivity contribution is -0.137. The lowest BCUT2D eigenvalue weighted by Crippen LogP contribution is -2.16. The molecule has 0 aliphatic heterocycles. The molecule has 1 unspecified atom stereocenters. The van der Waals surface area contributed by atoms with Crippen molar-refractivity contribution in [2.45, 2.75) is 37.1 Å². The van der Waals surface area contributed by atoms with Gasteiger partial charge in [0.15, 0.2) is 0 Å². The van der Waals surface area contributed by atoms with E-state index in [4.69, 9.17) is 16.7 Å². The van der Waals surface area contributed by atoms with Gasteiger partial charge in [-0.2, -0.15) is 0 Å². The van der Waals surface area contributed by atoms with Crippen molar-refractivity contribution in [1.82, 2.24) is 0 Å². The van der Waals surface area contributed by atoms with Gasteiger partial charge in [0.05, 0.1) is 10.8 Å². The van der Waals surface area contributed by atoms with Gasteiger partial charge < -0.3 is 10.0 Å². The fourth-order valence-electron chi connectivity index (χ4n) is 2.61. The molecule has 0 heterocycles. The van der Waals surface area contributed by atoms with E-state index in [1.54, 1.807) is 0 Å². The van der Waals surface area contributed by atoms with Gasteiger partial charge in [-0.15, -0.1) is 0 Å². The molecule has 1 atom stereocenters. The zero-order valence-electron chi connectivity index (χ0n) is 14.9. The molecule has 0 amide bonds. The van der Waals surface area contributed by atoms with Crippen LogP contribution in [0.15, 0.2) is 53.4 Å². The van der Waals surface area contributed by atoms with E-state index in [0.717, 1.165) is 35.0 Å². The molecule has 0 aromatic heterocycles. The minimum atomic E-state index is -1.04. The first-order valence-corrected chi connectivity index (χ1v) is 10.3. The Morgan fingerprint density at radius 1 is 1.04 bits per heavy atom. The van der Waals surface area contributed by atoms with Crippen molar-refractivity contribution in [1.29, 1.82) is 0 Å². The number of unbranched alkanes of at least 4 members (excludes halogenated alkanes) is 2. The van der Waals surface area contributed by atoms with Crippen LogP contribution < -0.4 is 4.90 Å². The van der Waals surface area contributed by atoms with Gasteiger partial charge in [0.2, 0.25) is 0 Å². The summed E-state index contributed by atoms with van der Waals surface area (Å²) in [7, 11) is 0.977. The zero-order valence-corrected chi connectivity index (χ0v) is 16.4. The summed E-state index contributed by atoms with van der Waals surface area (Å²) in [6.45, 7) is 0.767. The number of aliphatic carboxylic acids is 1. The largest absolute Gasteiger partial charge is 0.481 e. The molecule has 0 bridgehead atoms. The van der Waals surface area contributed by atoms with Crippen LogP contribution in [0.1, 0.15) is 31.2 Å². The maximum Gasteiger partial charge on any atom is 0.303 e. The first-order valence-electron chi connectivity index (χ1n) is 8.61. The van der Waals surface area contributed by atoms with E-state index in [1.165, 1.54) is 5.56 Å². The van der Waals surface area contributed by atoms with Crippen molar-refractivity contribution in [3.8, 4) is 0 Å². The summed E-state index contributed by atoms with van der Waals surface area (Å²) >= 11 is 5.91. The summed E-state index contributed by atoms with van der Waals surface area (Å²) in [5.41, 5.74) is 2.23. The number of rotatable bonds is 10. The van der Waals surface area contributed by atoms with E-state index >= 15 is 0 Å². The first kappa shape index (κ1) is 20.5. The van der Waals surface area contributed by atoms with Crippen LogP contribution in [0.4, 0.5) is 5.69 Å². The van der Waals surface area contributed by atoms with E-state index in [1.807, 2.05) is 55.6 Å². The number of halogens is 1. The molecule has 0 spiro atoms. The van der Waals surface area contributed by atoms with Gasteiger partial charge in [-0.3, -0.25) is 9.00 Å². The van der Waals surface area contributed by atoms with Crippen LogP contribution in [0, 0.1) is 0 Å². The first-order chi connectivity index (χ1) is 12.5. The van der Waals surface area contributed by atoms with Gasteiger partial charge in [-0.05, 0) is 54.8 Å². The van der Waals surface area contributed by atoms with Crippen LogP contribution in [-0.4, -0.2) is 28.1 Å². The van der Waals surface area contributed by atoms with Crippen LogP contribution >= 0.6 is 11.6 Å². The SMILES string of the molecule is CN(Cc1ccc(Cl)cc1)c1ccc(S(=O)CCCCCC(=O)O)cc1. The molecule has 0 saturated heterocycles. The summed E-state index contributed by atoms with van der Waals surface area (Å²) in [4.78, 5) is 13.4. The molecule has 0 saturated carbocycles. The molecule has 4 nitrogen and oxygen atoms in total. The monoisotopic (exact) mass is 393 g/mol. The quantitative estimate of drug-likeness (QED) is 0.593. The topological polar surface area (TPSA) is 57.6 Å². The highest BCUT2D eigenvalue weighted by Gasteiger charge is 2.07. The van der Waals surface area contributed by atoms with E-state index in [2.05, 4.69) is 4.90 Å². The lowest BCUT2D eigenvalue weighted by atomic mass is 10.2. The Morgan fingerprint density at radius 2 is 1.69 bits per heavy atom. The standard InChI is InChI=1S/C20H24ClNO3S/c1-22(15-16-6-8-17(21)9-7-16)18-10-12-19(13-11-18)26(25)14-4-2-3-5-20(23)24/h6-13H,2-5,14-15H2,1H3,(H,23,24). The zero-order chi connectivity index (χ0) is 18.9. The second kappa shape index (κ2) is 10.3. The molecule has 26 heavy (non-hydrogen) atoms. The van der Waals surface area contributed by atoms with Crippen LogP contribution in [0.3, 0.4) is 0 Å². The van der Waals surface area contributed by atoms with Crippen LogP contribution in [0.5, 0.6) is 0 Å². The third kappa shape index (κ3) is 6.81. The average molecular weight is 394 g/mol. The number of hydrogen-bond acceptors (Lipinski definition) is 3. The van der Waals surface area contributed by atoms with Crippen molar-refractivity contribution < 1.29 is 14.1 Å². The predicted octanol–water partition coefficient (Wildman–Crippen LogP) is 4.73. The summed E-state index contributed by atoms with van der Waals surface area (Å²) < 4.78 is 12.3. The van der Waals surface area contributed by atoms with Gasteiger partial charge >= 0.3 is 5.97 Å². The summed E-state index contributed by atoms with van der Waals surface area (Å²) in [6.07, 6.45) is 2.39. The minimum absolute atomic E-state index is 0.182. The number of benzene rings is 2. The molecule has 2 aromatic rings. The predicted molar refractivity (Wildman–Crippen MR) is 107 cm³/mol. The van der Waals surface area contributed by atoms with Crippen LogP contribution in [0.25, 0.3) is 0 Å². The molecule has 2 aromatic carbocycles. The average Bonchev–Trinajstić information content (AvgIpc) is 2.63. The second-order valence-electron chi connectivity index (χ2n) is 6.23. The normalized spacial score (nSPS) is 11.9. The van der Waals surface area contributed by atoms with Gasteiger partial charge in [-0.1, -0.05) is 30.2 Å². The molecule has 0 aliphatic carbocycles. The van der Waals surface area contributed by atoms with E-state index in [-0.39, 0.29) is 6.42 Å². The Bertz CT molecular complexity index is 732. The maximum absolute atomic E-state index is 12.3. The molecular formula is C20H24ClNO3S. The minimum Gasteiger partial charge on any atom is -0.481 e. The Hall–Kier alpha value is -1.85. The lowest BCUT2D eigenvalue weighted by Gasteiger charge is -2.19. The Balaban J connectivity index is 1.83. The van der Waals surface area contributed by atoms with Crippen molar-refractivity contribution in [2.75, 3.05) is 17.7 Å². The van der Waals surface area contributed by atoms with E-state index in [9.17, 15) is 9.00 Å². The number of nitrogens with zero attached hydrogens (tertiary/aromatic N) is 1. The summed E-state index contributed by atoms with van der Waals surface area (Å²) in [6, 6.07) is 15.5. The van der Waals surface area contributed by atoms with Gasteiger partial charge in [0.25, 0.3) is 0 Å². The maximum atomic E-state index is 12.3. The molecule has 140 valence electrons. The second-order valence-corrected chi connectivity index (χ2v) is 8.24. The molecule has 1 N–H and O–H groups in total. The fraction of sp³-hybridized carbons (Fsp3) is 0.350. The number of carboxylic acids is 1. The van der Waals surface area contributed by atoms with Gasteiger partial charge in [0, 0.05) is 41.4 Å². The smallest absolute Gasteiger partial charge is 0.303 e. The van der Waals surface area contributed by atoms with Crippen molar-refractivity contribution in [3.05, 3.63) is 59.1 Å². The molecule has 2 rings (SSSR count). The van der Waals surface area contributed by atoms with E-state index in [0.29, 0.717) is 12.2 Å². The molecule has 0 fully saturated rings. The number of hydrogen-bond donors (Lipinski definition) is 1. The van der Waals surface area contributed by atoms with Crippen LogP contribution in [0.2, 0.25) is 5.02 Å². The highest BCUT2D eigenvalue weighted by Crippen LogP contribution is 2.19. The van der Waals surface area contributed by atoms with Gasteiger partial charge in [-0.25, -0.2) is 0 Å². The molecule has 0 aliphatic rings. The molecular weight excluding hydrogens is 370 g/mol. The van der Waals surface area contributed by atoms with Gasteiger partial charge in [0.1, 0.15) is 0 Å². The molecule has 6 heteroatoms. The molecule has 0 radical (unpaired) electrons. The van der Waals surface area contributed by atoms with Crippen molar-refractivity contribution in [2.24, 2.45) is 0 Å². The third-order valence-electron chi connectivity index (χ3n) is 4.09. The van der Waals surface area contributed by atoms with E-state index < -0.39 is 16.8 Å². The summed E-state index contributed by atoms with van der Waals surface area (Å²) in [5, 5.41) is 9.33. The fourth-order valence-corrected chi connectivity index (χ4v) is 3.88. The highest BCUT2D eigenvalue weighted by molar-refractivity contribution is 7.85. The van der Waals surface area contributed by atoms with Crippen molar-refractivity contribution in [3.63, 3.8) is 0 Å². The highest BCUT2D eigenvalue weighted by atomic mass is 35.5. The summed E-state index contributed by atoms with van der Waals surface area (Å²) in [5.74, 6) is -0.205. The number of anilines is 1. The third-order valence-corrected chi connectivity index (χ3v) is 5.80. The Labute approximate surface area is 162 Å². The Morgan fingerprint density at radius 3 is 2.31 bits per heavy atom.